The molecule has 0 rings (SSSR count). The van der Waals surface area contributed by atoms with Gasteiger partial charge >= 0.3 is 0 Å². The summed E-state index contributed by atoms with van der Waals surface area (Å²) in [6.07, 6.45) is 11.4. The van der Waals surface area contributed by atoms with Gasteiger partial charge in [-0.3, -0.25) is 0 Å². The summed E-state index contributed by atoms with van der Waals surface area (Å²) in [5, 5.41) is 0. The molecule has 0 atom stereocenters. The minimum Gasteiger partial charge on any atom is -0.300 e. The second-order valence-corrected chi connectivity index (χ2v) is 3.94. The van der Waals surface area contributed by atoms with Crippen molar-refractivity contribution in [3.05, 3.63) is 12.7 Å². The average Bonchev–Trinajstić information content (AvgIpc) is 2.20. The smallest absolute Gasteiger partial charge is 0.129 e. The fourth-order valence-corrected chi connectivity index (χ4v) is 1.16. The molecule has 0 aliphatic heterocycles. The van der Waals surface area contributed by atoms with Crippen molar-refractivity contribution in [3.63, 3.8) is 0 Å². The van der Waals surface area contributed by atoms with Gasteiger partial charge in [-0.1, -0.05) is 45.6 Å². The van der Waals surface area contributed by atoms with Gasteiger partial charge in [-0.15, -0.1) is 6.58 Å². The average molecular weight is 212 g/mol. The summed E-state index contributed by atoms with van der Waals surface area (Å²) in [7, 11) is 0. The van der Waals surface area contributed by atoms with Crippen LogP contribution in [0.4, 0.5) is 0 Å². The molecule has 0 radical (unpaired) electrons. The molecule has 0 spiro atoms. The molecule has 0 aliphatic carbocycles. The van der Waals surface area contributed by atoms with Crippen molar-refractivity contribution >= 4 is 5.78 Å². The van der Waals surface area contributed by atoms with E-state index in [0.717, 1.165) is 12.8 Å². The van der Waals surface area contributed by atoms with Crippen molar-refractivity contribution < 1.29 is 4.79 Å². The molecule has 0 N–H and O–H groups in total. The zero-order valence-electron chi connectivity index (χ0n) is 10.8. The summed E-state index contributed by atoms with van der Waals surface area (Å²) < 4.78 is 0. The summed E-state index contributed by atoms with van der Waals surface area (Å²) in [4.78, 5) is 10.3. The van der Waals surface area contributed by atoms with Gasteiger partial charge in [0, 0.05) is 6.42 Å². The van der Waals surface area contributed by atoms with E-state index in [1.165, 1.54) is 38.5 Å². The molecule has 0 unspecified atom stereocenters. The number of allylic oxidation sites excluding steroid dienone is 1. The molecule has 0 fully saturated rings. The highest BCUT2D eigenvalue weighted by atomic mass is 16.1. The highest BCUT2D eigenvalue weighted by Gasteiger charge is 1.89. The Hall–Kier alpha value is -0.590. The van der Waals surface area contributed by atoms with E-state index in [4.69, 9.17) is 0 Å². The second-order valence-electron chi connectivity index (χ2n) is 3.94. The Bertz CT molecular complexity index is 138. The monoisotopic (exact) mass is 212 g/mol. The van der Waals surface area contributed by atoms with Crippen LogP contribution in [0.15, 0.2) is 12.7 Å². The fourth-order valence-electron chi connectivity index (χ4n) is 1.16. The lowest BCUT2D eigenvalue weighted by atomic mass is 10.2. The number of unbranched alkanes of at least 4 members (excludes halogenated alkanes) is 5. The van der Waals surface area contributed by atoms with Crippen molar-refractivity contribution in [2.75, 3.05) is 0 Å². The van der Waals surface area contributed by atoms with Gasteiger partial charge in [0.05, 0.1) is 0 Å². The number of carbonyl (C=O) groups excluding carboxylic acids is 1. The van der Waals surface area contributed by atoms with Gasteiger partial charge in [-0.25, -0.2) is 0 Å². The van der Waals surface area contributed by atoms with Crippen molar-refractivity contribution in [3.8, 4) is 0 Å². The van der Waals surface area contributed by atoms with Crippen LogP contribution in [0.2, 0.25) is 0 Å². The van der Waals surface area contributed by atoms with Crippen LogP contribution in [-0.4, -0.2) is 5.78 Å². The number of ketones is 1. The zero-order chi connectivity index (χ0) is 11.9. The van der Waals surface area contributed by atoms with Gasteiger partial charge in [-0.2, -0.15) is 0 Å². The third-order valence-electron chi connectivity index (χ3n) is 2.14. The first-order chi connectivity index (χ1) is 7.18. The predicted molar refractivity (Wildman–Crippen MR) is 69.2 cm³/mol. The van der Waals surface area contributed by atoms with E-state index in [1.54, 1.807) is 6.92 Å². The molecule has 0 aromatic rings. The topological polar surface area (TPSA) is 17.1 Å². The lowest BCUT2D eigenvalue weighted by molar-refractivity contribution is -0.117. The van der Waals surface area contributed by atoms with E-state index in [1.807, 2.05) is 6.08 Å². The number of Topliss-reactive ketones (excluding diaryl/α,β-unsaturated/α-hetero) is 1. The Morgan fingerprint density at radius 2 is 1.60 bits per heavy atom. The minimum absolute atomic E-state index is 0.318. The van der Waals surface area contributed by atoms with E-state index in [2.05, 4.69) is 20.4 Å². The summed E-state index contributed by atoms with van der Waals surface area (Å²) in [6, 6.07) is 0. The molecule has 90 valence electrons. The lowest BCUT2D eigenvalue weighted by Gasteiger charge is -1.90. The van der Waals surface area contributed by atoms with Crippen LogP contribution in [0.1, 0.15) is 72.1 Å². The molecule has 0 aliphatic rings. The van der Waals surface area contributed by atoms with Gasteiger partial charge in [0.15, 0.2) is 0 Å². The molecule has 0 aromatic heterocycles. The lowest BCUT2D eigenvalue weighted by Crippen LogP contribution is -1.87. The Labute approximate surface area is 96.0 Å². The molecule has 0 amide bonds. The molecule has 15 heavy (non-hydrogen) atoms. The first-order valence-electron chi connectivity index (χ1n) is 6.29. The van der Waals surface area contributed by atoms with E-state index < -0.39 is 0 Å². The highest BCUT2D eigenvalue weighted by molar-refractivity contribution is 5.75. The molecule has 0 bridgehead atoms. The van der Waals surface area contributed by atoms with E-state index in [9.17, 15) is 4.79 Å². The summed E-state index contributed by atoms with van der Waals surface area (Å²) in [6.45, 7) is 9.63. The Balaban J connectivity index is 0. The highest BCUT2D eigenvalue weighted by Crippen LogP contribution is 1.98. The second kappa shape index (κ2) is 15.9. The summed E-state index contributed by atoms with van der Waals surface area (Å²) in [5.74, 6) is 0.318. The third-order valence-corrected chi connectivity index (χ3v) is 2.14. The van der Waals surface area contributed by atoms with Gasteiger partial charge < -0.3 is 4.79 Å². The van der Waals surface area contributed by atoms with Crippen LogP contribution in [0.5, 0.6) is 0 Å². The van der Waals surface area contributed by atoms with Gasteiger partial charge in [-0.05, 0) is 26.2 Å². The van der Waals surface area contributed by atoms with Crippen molar-refractivity contribution in [2.45, 2.75) is 72.1 Å². The predicted octanol–water partition coefficient (Wildman–Crippen LogP) is 4.91. The van der Waals surface area contributed by atoms with Crippen molar-refractivity contribution in [1.82, 2.24) is 0 Å². The molecule has 0 saturated heterocycles. The number of carbonyl (C=O) groups is 1. The maximum absolute atomic E-state index is 10.3. The fraction of sp³-hybridized carbons (Fsp3) is 0.786. The standard InChI is InChI=1S/C7H14O.C7H14/c1-3-4-5-6-7(2)8;1-3-5-7-6-4-2/h3-6H2,1-2H3;3H,1,4-7H2,2H3. The van der Waals surface area contributed by atoms with Crippen LogP contribution in [0, 0.1) is 0 Å². The first kappa shape index (κ1) is 16.8. The van der Waals surface area contributed by atoms with Gasteiger partial charge in [0.2, 0.25) is 0 Å². The molecule has 1 heteroatoms. The largest absolute Gasteiger partial charge is 0.300 e. The number of hydrogen-bond acceptors (Lipinski definition) is 1. The Morgan fingerprint density at radius 3 is 2.00 bits per heavy atom. The van der Waals surface area contributed by atoms with Crippen molar-refractivity contribution in [1.29, 1.82) is 0 Å². The van der Waals surface area contributed by atoms with E-state index in [0.29, 0.717) is 5.78 Å². The number of rotatable bonds is 8. The Morgan fingerprint density at radius 1 is 1.07 bits per heavy atom. The molecular formula is C14H28O. The minimum atomic E-state index is 0.318. The first-order valence-corrected chi connectivity index (χ1v) is 6.29. The van der Waals surface area contributed by atoms with Crippen LogP contribution >= 0.6 is 0 Å². The SMILES string of the molecule is C=CCCCCC.CCCCCC(C)=O. The maximum Gasteiger partial charge on any atom is 0.129 e. The van der Waals surface area contributed by atoms with Crippen molar-refractivity contribution in [2.24, 2.45) is 0 Å². The van der Waals surface area contributed by atoms with Gasteiger partial charge in [0.25, 0.3) is 0 Å². The molecular weight excluding hydrogens is 184 g/mol. The Kier molecular flexibility index (Phi) is 17.8. The summed E-state index contributed by atoms with van der Waals surface area (Å²) >= 11 is 0. The van der Waals surface area contributed by atoms with E-state index in [-0.39, 0.29) is 0 Å². The molecule has 0 saturated carbocycles. The van der Waals surface area contributed by atoms with Crippen LogP contribution in [0.3, 0.4) is 0 Å². The normalized spacial score (nSPS) is 9.00. The van der Waals surface area contributed by atoms with Gasteiger partial charge in [0.1, 0.15) is 5.78 Å². The third kappa shape index (κ3) is 24.7. The van der Waals surface area contributed by atoms with Crippen LogP contribution in [-0.2, 0) is 4.79 Å². The molecule has 0 aromatic carbocycles. The quantitative estimate of drug-likeness (QED) is 0.413. The number of hydrogen-bond donors (Lipinski definition) is 0. The van der Waals surface area contributed by atoms with E-state index >= 15 is 0 Å². The molecule has 0 heterocycles. The summed E-state index contributed by atoms with van der Waals surface area (Å²) in [5.41, 5.74) is 0. The zero-order valence-corrected chi connectivity index (χ0v) is 10.8. The molecule has 1 nitrogen and oxygen atoms in total. The van der Waals surface area contributed by atoms with Crippen LogP contribution in [0.25, 0.3) is 0 Å². The van der Waals surface area contributed by atoms with Crippen LogP contribution < -0.4 is 0 Å². The maximum atomic E-state index is 10.3.